The van der Waals surface area contributed by atoms with Gasteiger partial charge in [-0.25, -0.2) is 9.59 Å². The minimum atomic E-state index is -0.631. The number of anilines is 2. The molecule has 174 valence electrons. The van der Waals surface area contributed by atoms with Crippen molar-refractivity contribution in [3.8, 4) is 0 Å². The molecular weight excluding hydrogens is 418 g/mol. The van der Waals surface area contributed by atoms with Crippen LogP contribution in [0.1, 0.15) is 23.7 Å². The maximum atomic E-state index is 12.8. The number of β-amino-alcohol motifs (C(OH)–C–C–N with tert-alkyl or cyclic N) is 1. The molecule has 1 aromatic rings. The molecule has 10 heteroatoms. The van der Waals surface area contributed by atoms with Crippen molar-refractivity contribution < 1.29 is 33.7 Å². The Morgan fingerprint density at radius 3 is 2.62 bits per heavy atom. The van der Waals surface area contributed by atoms with Crippen LogP contribution < -0.4 is 10.2 Å². The third-order valence-corrected chi connectivity index (χ3v) is 5.23. The number of aliphatic hydroxyl groups excluding tert-OH is 1. The highest BCUT2D eigenvalue weighted by molar-refractivity contribution is 6.08. The van der Waals surface area contributed by atoms with Gasteiger partial charge in [-0.3, -0.25) is 4.79 Å². The van der Waals surface area contributed by atoms with Gasteiger partial charge in [0, 0.05) is 25.3 Å². The van der Waals surface area contributed by atoms with Gasteiger partial charge in [0.15, 0.2) is 0 Å². The predicted molar refractivity (Wildman–Crippen MR) is 116 cm³/mol. The maximum absolute atomic E-state index is 12.8. The molecule has 0 spiro atoms. The first kappa shape index (κ1) is 23.6. The first-order valence-electron chi connectivity index (χ1n) is 10.6. The number of methoxy groups -OCH3 is 1. The number of benzene rings is 1. The van der Waals surface area contributed by atoms with Gasteiger partial charge >= 0.3 is 11.9 Å². The molecule has 3 rings (SSSR count). The molecule has 0 atom stereocenters. The fourth-order valence-electron chi connectivity index (χ4n) is 3.62. The molecule has 0 unspecified atom stereocenters. The van der Waals surface area contributed by atoms with E-state index in [-0.39, 0.29) is 31.0 Å². The number of morpholine rings is 1. The Morgan fingerprint density at radius 1 is 1.22 bits per heavy atom. The van der Waals surface area contributed by atoms with Crippen LogP contribution in [0.15, 0.2) is 29.5 Å². The van der Waals surface area contributed by atoms with Gasteiger partial charge in [-0.05, 0) is 24.6 Å². The Kier molecular flexibility index (Phi) is 8.07. The number of amides is 1. The fraction of sp³-hybridized carbons (Fsp3) is 0.500. The Hall–Kier alpha value is -3.11. The van der Waals surface area contributed by atoms with Crippen LogP contribution in [0.2, 0.25) is 0 Å². The van der Waals surface area contributed by atoms with Gasteiger partial charge in [-0.1, -0.05) is 6.92 Å². The third kappa shape index (κ3) is 5.20. The molecule has 2 N–H and O–H groups in total. The van der Waals surface area contributed by atoms with E-state index in [1.54, 1.807) is 18.2 Å². The monoisotopic (exact) mass is 447 g/mol. The normalized spacial score (nSPS) is 16.4. The van der Waals surface area contributed by atoms with Gasteiger partial charge in [0.2, 0.25) is 0 Å². The summed E-state index contributed by atoms with van der Waals surface area (Å²) >= 11 is 0. The van der Waals surface area contributed by atoms with E-state index in [9.17, 15) is 19.5 Å². The van der Waals surface area contributed by atoms with Crippen LogP contribution in [-0.2, 0) is 23.8 Å². The highest BCUT2D eigenvalue weighted by Gasteiger charge is 2.34. The van der Waals surface area contributed by atoms with Crippen LogP contribution in [0.3, 0.4) is 0 Å². The zero-order chi connectivity index (χ0) is 23.1. The summed E-state index contributed by atoms with van der Waals surface area (Å²) in [7, 11) is 1.24. The van der Waals surface area contributed by atoms with Crippen LogP contribution in [0, 0.1) is 0 Å². The van der Waals surface area contributed by atoms with Crippen molar-refractivity contribution in [1.82, 2.24) is 4.90 Å². The van der Waals surface area contributed by atoms with Gasteiger partial charge in [0.05, 0.1) is 56.9 Å². The predicted octanol–water partition coefficient (Wildman–Crippen LogP) is 0.764. The van der Waals surface area contributed by atoms with E-state index in [2.05, 4.69) is 10.2 Å². The number of rotatable bonds is 9. The molecule has 1 aromatic carbocycles. The van der Waals surface area contributed by atoms with Crippen LogP contribution in [0.5, 0.6) is 0 Å². The lowest BCUT2D eigenvalue weighted by atomic mass is 10.1. The summed E-state index contributed by atoms with van der Waals surface area (Å²) in [5.74, 6) is -1.51. The summed E-state index contributed by atoms with van der Waals surface area (Å²) in [6.45, 7) is 4.53. The largest absolute Gasteiger partial charge is 0.466 e. The quantitative estimate of drug-likeness (QED) is 0.529. The lowest BCUT2D eigenvalue weighted by molar-refractivity contribution is -0.136. The summed E-state index contributed by atoms with van der Waals surface area (Å²) in [4.78, 5) is 41.2. The van der Waals surface area contributed by atoms with Crippen molar-refractivity contribution in [2.75, 3.05) is 69.9 Å². The van der Waals surface area contributed by atoms with E-state index in [1.165, 1.54) is 12.0 Å². The van der Waals surface area contributed by atoms with Gasteiger partial charge in [-0.15, -0.1) is 0 Å². The second-order valence-electron chi connectivity index (χ2n) is 7.39. The Bertz CT molecular complexity index is 894. The van der Waals surface area contributed by atoms with Gasteiger partial charge < -0.3 is 34.4 Å². The molecule has 2 heterocycles. The second kappa shape index (κ2) is 11.0. The van der Waals surface area contributed by atoms with Crippen molar-refractivity contribution >= 4 is 29.2 Å². The fourth-order valence-corrected chi connectivity index (χ4v) is 3.62. The number of nitrogens with zero attached hydrogens (tertiary/aromatic N) is 2. The van der Waals surface area contributed by atoms with Crippen LogP contribution in [0.25, 0.3) is 0 Å². The van der Waals surface area contributed by atoms with E-state index in [4.69, 9.17) is 14.2 Å². The molecule has 32 heavy (non-hydrogen) atoms. The van der Waals surface area contributed by atoms with Gasteiger partial charge in [-0.2, -0.15) is 0 Å². The van der Waals surface area contributed by atoms with Crippen molar-refractivity contribution in [2.24, 2.45) is 0 Å². The number of hydrogen-bond acceptors (Lipinski definition) is 9. The van der Waals surface area contributed by atoms with E-state index >= 15 is 0 Å². The molecule has 2 aliphatic rings. The number of carbonyl (C=O) groups is 3. The highest BCUT2D eigenvalue weighted by Crippen LogP contribution is 2.29. The molecule has 2 aliphatic heterocycles. The van der Waals surface area contributed by atoms with E-state index in [0.717, 1.165) is 5.69 Å². The zero-order valence-electron chi connectivity index (χ0n) is 18.4. The number of esters is 2. The number of carbonyl (C=O) groups excluding carboxylic acids is 3. The summed E-state index contributed by atoms with van der Waals surface area (Å²) in [6, 6.07) is 5.15. The van der Waals surface area contributed by atoms with Crippen LogP contribution in [0.4, 0.5) is 11.4 Å². The maximum Gasteiger partial charge on any atom is 0.340 e. The molecular formula is C22H29N3O7. The first-order chi connectivity index (χ1) is 15.5. The minimum absolute atomic E-state index is 0.0334. The average molecular weight is 447 g/mol. The molecule has 1 saturated heterocycles. The number of ether oxygens (including phenoxy) is 3. The van der Waals surface area contributed by atoms with Crippen LogP contribution in [-0.4, -0.2) is 87.6 Å². The summed E-state index contributed by atoms with van der Waals surface area (Å²) < 4.78 is 15.6. The number of aliphatic hydroxyl groups is 1. The van der Waals surface area contributed by atoms with Crippen molar-refractivity contribution in [3.63, 3.8) is 0 Å². The van der Waals surface area contributed by atoms with Gasteiger partial charge in [0.1, 0.15) is 5.70 Å². The third-order valence-electron chi connectivity index (χ3n) is 5.23. The van der Waals surface area contributed by atoms with Crippen LogP contribution >= 0.6 is 0 Å². The highest BCUT2D eigenvalue weighted by atomic mass is 16.5. The molecule has 1 amide bonds. The molecule has 10 nitrogen and oxygen atoms in total. The smallest absolute Gasteiger partial charge is 0.340 e. The van der Waals surface area contributed by atoms with E-state index in [0.29, 0.717) is 50.6 Å². The zero-order valence-corrected chi connectivity index (χ0v) is 18.4. The lowest BCUT2D eigenvalue weighted by Crippen LogP contribution is -2.37. The number of hydrogen-bond donors (Lipinski definition) is 2. The van der Waals surface area contributed by atoms with E-state index < -0.39 is 17.8 Å². The molecule has 0 saturated carbocycles. The standard InChI is InChI=1S/C22H29N3O7/c1-3-10-32-22(29)16-13-15(4-5-18(16)24-7-11-31-12-8-24)23-19-17(21(28)30-2)14-25(6-9-26)20(19)27/h4-5,13,23,26H,3,6-12,14H2,1-2H3. The van der Waals surface area contributed by atoms with Gasteiger partial charge in [0.25, 0.3) is 5.91 Å². The topological polar surface area (TPSA) is 118 Å². The Labute approximate surface area is 186 Å². The second-order valence-corrected chi connectivity index (χ2v) is 7.39. The first-order valence-corrected chi connectivity index (χ1v) is 10.6. The summed E-state index contributed by atoms with van der Waals surface area (Å²) in [5, 5.41) is 12.2. The van der Waals surface area contributed by atoms with Crippen molar-refractivity contribution in [1.29, 1.82) is 0 Å². The van der Waals surface area contributed by atoms with Crippen molar-refractivity contribution in [3.05, 3.63) is 35.0 Å². The van der Waals surface area contributed by atoms with E-state index in [1.807, 2.05) is 6.92 Å². The molecule has 1 fully saturated rings. The molecule has 0 aromatic heterocycles. The lowest BCUT2D eigenvalue weighted by Gasteiger charge is -2.30. The summed E-state index contributed by atoms with van der Waals surface area (Å²) in [6.07, 6.45) is 0.696. The molecule has 0 radical (unpaired) electrons. The minimum Gasteiger partial charge on any atom is -0.466 e. The van der Waals surface area contributed by atoms with Crippen molar-refractivity contribution in [2.45, 2.75) is 13.3 Å². The number of nitrogens with one attached hydrogen (secondary N) is 1. The molecule has 0 aliphatic carbocycles. The summed E-state index contributed by atoms with van der Waals surface area (Å²) in [5.41, 5.74) is 1.78. The Balaban J connectivity index is 1.93. The SMILES string of the molecule is CCCOC(=O)c1cc(NC2=C(C(=O)OC)CN(CCO)C2=O)ccc1N1CCOCC1. The average Bonchev–Trinajstić information content (AvgIpc) is 3.12. The Morgan fingerprint density at radius 2 is 1.97 bits per heavy atom. The molecule has 0 bridgehead atoms.